The summed E-state index contributed by atoms with van der Waals surface area (Å²) in [5.41, 5.74) is 2.69. The van der Waals surface area contributed by atoms with Crippen LogP contribution in [0, 0.1) is 12.8 Å². The fourth-order valence-electron chi connectivity index (χ4n) is 4.51. The first-order valence-electron chi connectivity index (χ1n) is 10.5. The molecule has 164 valence electrons. The quantitative estimate of drug-likeness (QED) is 0.721. The number of halogens is 2. The number of anilines is 2. The Balaban J connectivity index is 1.27. The zero-order chi connectivity index (χ0) is 21.5. The van der Waals surface area contributed by atoms with E-state index in [9.17, 15) is 13.6 Å². The number of aromatic nitrogens is 3. The van der Waals surface area contributed by atoms with E-state index in [1.165, 1.54) is 12.3 Å². The van der Waals surface area contributed by atoms with Crippen LogP contribution in [0.1, 0.15) is 29.9 Å². The van der Waals surface area contributed by atoms with Crippen molar-refractivity contribution in [2.24, 2.45) is 5.92 Å². The molecule has 8 nitrogen and oxygen atoms in total. The molecular weight excluding hydrogens is 406 g/mol. The summed E-state index contributed by atoms with van der Waals surface area (Å²) in [7, 11) is 0. The van der Waals surface area contributed by atoms with Crippen molar-refractivity contribution in [1.29, 1.82) is 0 Å². The molecular formula is C21H24F2N6O2. The molecule has 31 heavy (non-hydrogen) atoms. The van der Waals surface area contributed by atoms with Gasteiger partial charge >= 0.3 is 6.61 Å². The number of carbonyl (C=O) groups excluding carboxylic acids is 1. The van der Waals surface area contributed by atoms with E-state index >= 15 is 0 Å². The summed E-state index contributed by atoms with van der Waals surface area (Å²) < 4.78 is 29.4. The van der Waals surface area contributed by atoms with Gasteiger partial charge < -0.3 is 19.4 Å². The van der Waals surface area contributed by atoms with Gasteiger partial charge in [0.15, 0.2) is 0 Å². The number of amides is 1. The average Bonchev–Trinajstić information content (AvgIpc) is 3.33. The number of rotatable bonds is 5. The normalized spacial score (nSPS) is 20.3. The first kappa shape index (κ1) is 19.9. The lowest BCUT2D eigenvalue weighted by Crippen LogP contribution is -2.39. The molecule has 0 aliphatic carbocycles. The van der Waals surface area contributed by atoms with Gasteiger partial charge in [-0.3, -0.25) is 9.78 Å². The number of pyridine rings is 1. The van der Waals surface area contributed by atoms with Gasteiger partial charge in [0, 0.05) is 37.8 Å². The standard InChI is InChI=1S/C21H24F2N6O2/c1-13-25-18-12-29(11-17(18)19(26-13)27-4-2-5-27)20(30)14-3-6-28(10-14)15-7-16(9-24-8-15)31-21(22)23/h7-9,14,21H,2-6,10-12H2,1H3/t14-/m1/s1. The highest BCUT2D eigenvalue weighted by molar-refractivity contribution is 5.81. The Morgan fingerprint density at radius 3 is 2.74 bits per heavy atom. The van der Waals surface area contributed by atoms with Crippen molar-refractivity contribution in [3.63, 3.8) is 0 Å². The molecule has 0 aromatic carbocycles. The van der Waals surface area contributed by atoms with Crippen LogP contribution in [-0.2, 0) is 17.9 Å². The SMILES string of the molecule is Cc1nc2c(c(N3CCC3)n1)CN(C(=O)[C@@H]1CCN(c3cncc(OC(F)F)c3)C1)C2. The van der Waals surface area contributed by atoms with Gasteiger partial charge in [0.05, 0.1) is 42.8 Å². The summed E-state index contributed by atoms with van der Waals surface area (Å²) in [6.07, 6.45) is 4.73. The lowest BCUT2D eigenvalue weighted by molar-refractivity contribution is -0.135. The topological polar surface area (TPSA) is 74.7 Å². The number of ether oxygens (including phenoxy) is 1. The van der Waals surface area contributed by atoms with E-state index in [1.54, 1.807) is 6.20 Å². The third-order valence-corrected chi connectivity index (χ3v) is 6.17. The molecule has 0 radical (unpaired) electrons. The van der Waals surface area contributed by atoms with Crippen molar-refractivity contribution in [2.75, 3.05) is 36.0 Å². The maximum absolute atomic E-state index is 13.3. The van der Waals surface area contributed by atoms with Crippen LogP contribution < -0.4 is 14.5 Å². The third-order valence-electron chi connectivity index (χ3n) is 6.17. The summed E-state index contributed by atoms with van der Waals surface area (Å²) in [5.74, 6) is 1.67. The highest BCUT2D eigenvalue weighted by Crippen LogP contribution is 2.34. The minimum atomic E-state index is -2.89. The van der Waals surface area contributed by atoms with Gasteiger partial charge in [-0.05, 0) is 19.8 Å². The molecule has 2 saturated heterocycles. The summed E-state index contributed by atoms with van der Waals surface area (Å²) in [5, 5.41) is 0. The molecule has 5 rings (SSSR count). The summed E-state index contributed by atoms with van der Waals surface area (Å²) in [6, 6.07) is 1.54. The van der Waals surface area contributed by atoms with Crippen LogP contribution in [0.15, 0.2) is 18.5 Å². The zero-order valence-corrected chi connectivity index (χ0v) is 17.3. The Labute approximate surface area is 178 Å². The maximum Gasteiger partial charge on any atom is 0.387 e. The largest absolute Gasteiger partial charge is 0.433 e. The molecule has 0 saturated carbocycles. The smallest absolute Gasteiger partial charge is 0.387 e. The van der Waals surface area contributed by atoms with Crippen molar-refractivity contribution in [2.45, 2.75) is 39.5 Å². The monoisotopic (exact) mass is 430 g/mol. The van der Waals surface area contributed by atoms with E-state index in [2.05, 4.69) is 24.6 Å². The fraction of sp³-hybridized carbons (Fsp3) is 0.524. The molecule has 3 aliphatic rings. The van der Waals surface area contributed by atoms with Gasteiger partial charge in [-0.2, -0.15) is 8.78 Å². The predicted molar refractivity (Wildman–Crippen MR) is 109 cm³/mol. The van der Waals surface area contributed by atoms with Gasteiger partial charge in [-0.15, -0.1) is 0 Å². The average molecular weight is 430 g/mol. The lowest BCUT2D eigenvalue weighted by atomic mass is 10.1. The van der Waals surface area contributed by atoms with E-state index in [1.807, 2.05) is 16.7 Å². The first-order chi connectivity index (χ1) is 15.0. The van der Waals surface area contributed by atoms with E-state index in [4.69, 9.17) is 0 Å². The highest BCUT2D eigenvalue weighted by atomic mass is 19.3. The molecule has 10 heteroatoms. The molecule has 0 N–H and O–H groups in total. The Hall–Kier alpha value is -3.04. The second-order valence-electron chi connectivity index (χ2n) is 8.24. The lowest BCUT2D eigenvalue weighted by Gasteiger charge is -2.33. The highest BCUT2D eigenvalue weighted by Gasteiger charge is 2.36. The molecule has 3 aliphatic heterocycles. The van der Waals surface area contributed by atoms with Crippen molar-refractivity contribution in [1.82, 2.24) is 19.9 Å². The zero-order valence-electron chi connectivity index (χ0n) is 17.3. The van der Waals surface area contributed by atoms with Gasteiger partial charge in [0.1, 0.15) is 17.4 Å². The van der Waals surface area contributed by atoms with E-state index in [0.717, 1.165) is 42.4 Å². The minimum absolute atomic E-state index is 0.0183. The minimum Gasteiger partial charge on any atom is -0.433 e. The Bertz CT molecular complexity index is 1000. The van der Waals surface area contributed by atoms with Crippen LogP contribution in [0.5, 0.6) is 5.75 Å². The number of hydrogen-bond donors (Lipinski definition) is 0. The first-order valence-corrected chi connectivity index (χ1v) is 10.5. The van der Waals surface area contributed by atoms with Crippen LogP contribution >= 0.6 is 0 Å². The van der Waals surface area contributed by atoms with Gasteiger partial charge in [-0.1, -0.05) is 0 Å². The van der Waals surface area contributed by atoms with Crippen molar-refractivity contribution in [3.8, 4) is 5.75 Å². The van der Waals surface area contributed by atoms with E-state index < -0.39 is 6.61 Å². The second kappa shape index (κ2) is 7.90. The van der Waals surface area contributed by atoms with Gasteiger partial charge in [0.2, 0.25) is 5.91 Å². The molecule has 5 heterocycles. The summed E-state index contributed by atoms with van der Waals surface area (Å²) >= 11 is 0. The summed E-state index contributed by atoms with van der Waals surface area (Å²) in [4.78, 5) is 32.6. The van der Waals surface area contributed by atoms with Gasteiger partial charge in [-0.25, -0.2) is 9.97 Å². The van der Waals surface area contributed by atoms with E-state index in [-0.39, 0.29) is 17.6 Å². The van der Waals surface area contributed by atoms with Crippen LogP contribution in [0.25, 0.3) is 0 Å². The molecule has 0 spiro atoms. The number of nitrogens with zero attached hydrogens (tertiary/aromatic N) is 6. The Kier molecular flexibility index (Phi) is 5.07. The fourth-order valence-corrected chi connectivity index (χ4v) is 4.51. The molecule has 0 unspecified atom stereocenters. The van der Waals surface area contributed by atoms with Crippen molar-refractivity contribution < 1.29 is 18.3 Å². The van der Waals surface area contributed by atoms with Crippen LogP contribution in [-0.4, -0.2) is 58.5 Å². The Morgan fingerprint density at radius 2 is 2.00 bits per heavy atom. The molecule has 1 amide bonds. The number of carbonyl (C=O) groups is 1. The van der Waals surface area contributed by atoms with Crippen LogP contribution in [0.2, 0.25) is 0 Å². The van der Waals surface area contributed by atoms with E-state index in [0.29, 0.717) is 38.3 Å². The number of aryl methyl sites for hydroxylation is 1. The molecule has 2 aromatic rings. The summed E-state index contributed by atoms with van der Waals surface area (Å²) in [6.45, 7) is 3.22. The third kappa shape index (κ3) is 3.86. The number of hydrogen-bond acceptors (Lipinski definition) is 7. The molecule has 2 aromatic heterocycles. The van der Waals surface area contributed by atoms with Crippen molar-refractivity contribution in [3.05, 3.63) is 35.5 Å². The predicted octanol–water partition coefficient (Wildman–Crippen LogP) is 2.36. The van der Waals surface area contributed by atoms with Gasteiger partial charge in [0.25, 0.3) is 0 Å². The number of fused-ring (bicyclic) bond motifs is 1. The van der Waals surface area contributed by atoms with Crippen molar-refractivity contribution >= 4 is 17.4 Å². The van der Waals surface area contributed by atoms with Crippen LogP contribution in [0.4, 0.5) is 20.3 Å². The maximum atomic E-state index is 13.3. The Morgan fingerprint density at radius 1 is 1.16 bits per heavy atom. The number of alkyl halides is 2. The second-order valence-corrected chi connectivity index (χ2v) is 8.24. The molecule has 2 fully saturated rings. The molecule has 0 bridgehead atoms. The molecule has 1 atom stereocenters. The van der Waals surface area contributed by atoms with Crippen LogP contribution in [0.3, 0.4) is 0 Å².